The standard InChI is InChI=1S/C54H43N5/c1-33-29-39(30-34(2)35(33)3)58-48-22-14-18-40(52(48)57-53(58)44-20-13-19-43-41-17-9-10-21-46(41)56-51(43)44)36-24-26-42-45-32-38(54(4,5)37-15-7-6-8-16-37)25-27-47(45)59(49(42)31-36)50-23-11-12-28-55-50/h6-32,56H,1-5H3. The van der Waals surface area contributed by atoms with Gasteiger partial charge in [-0.2, -0.15) is 0 Å². The molecule has 59 heavy (non-hydrogen) atoms. The maximum absolute atomic E-state index is 5.63. The zero-order valence-corrected chi connectivity index (χ0v) is 33.9. The molecule has 0 atom stereocenters. The highest BCUT2D eigenvalue weighted by Gasteiger charge is 2.26. The minimum atomic E-state index is -0.174. The highest BCUT2D eigenvalue weighted by atomic mass is 15.1. The average molecular weight is 762 g/mol. The number of aromatic nitrogens is 5. The summed E-state index contributed by atoms with van der Waals surface area (Å²) in [5, 5.41) is 4.80. The van der Waals surface area contributed by atoms with Crippen molar-refractivity contribution in [2.75, 3.05) is 0 Å². The number of rotatable bonds is 6. The van der Waals surface area contributed by atoms with Crippen molar-refractivity contribution in [3.8, 4) is 34.0 Å². The van der Waals surface area contributed by atoms with Gasteiger partial charge in [0, 0.05) is 55.5 Å². The van der Waals surface area contributed by atoms with E-state index in [9.17, 15) is 0 Å². The maximum Gasteiger partial charge on any atom is 0.147 e. The Morgan fingerprint density at radius 3 is 2.08 bits per heavy atom. The summed E-state index contributed by atoms with van der Waals surface area (Å²) >= 11 is 0. The van der Waals surface area contributed by atoms with Crippen LogP contribution in [0.5, 0.6) is 0 Å². The van der Waals surface area contributed by atoms with Gasteiger partial charge in [0.2, 0.25) is 0 Å². The van der Waals surface area contributed by atoms with E-state index in [0.29, 0.717) is 0 Å². The molecule has 1 N–H and O–H groups in total. The Morgan fingerprint density at radius 2 is 1.27 bits per heavy atom. The first-order chi connectivity index (χ1) is 28.8. The fourth-order valence-electron chi connectivity index (χ4n) is 9.31. The molecule has 0 aliphatic rings. The molecule has 0 spiro atoms. The molecule has 7 aromatic carbocycles. The van der Waals surface area contributed by atoms with Gasteiger partial charge in [0.1, 0.15) is 11.6 Å². The van der Waals surface area contributed by atoms with Gasteiger partial charge in [-0.25, -0.2) is 9.97 Å². The smallest absolute Gasteiger partial charge is 0.147 e. The van der Waals surface area contributed by atoms with Gasteiger partial charge in [-0.15, -0.1) is 0 Å². The number of H-pyrrole nitrogens is 1. The van der Waals surface area contributed by atoms with E-state index in [1.54, 1.807) is 0 Å². The monoisotopic (exact) mass is 761 g/mol. The predicted molar refractivity (Wildman–Crippen MR) is 246 cm³/mol. The van der Waals surface area contributed by atoms with E-state index < -0.39 is 0 Å². The lowest BCUT2D eigenvalue weighted by Gasteiger charge is -2.26. The van der Waals surface area contributed by atoms with Crippen LogP contribution in [0.3, 0.4) is 0 Å². The van der Waals surface area contributed by atoms with Crippen molar-refractivity contribution in [3.63, 3.8) is 0 Å². The molecule has 5 nitrogen and oxygen atoms in total. The van der Waals surface area contributed by atoms with Crippen molar-refractivity contribution < 1.29 is 0 Å². The molecular weight excluding hydrogens is 719 g/mol. The molecule has 0 saturated carbocycles. The molecule has 284 valence electrons. The Bertz CT molecular complexity index is 3410. The van der Waals surface area contributed by atoms with Gasteiger partial charge in [0.25, 0.3) is 0 Å². The number of nitrogens with one attached hydrogen (secondary N) is 1. The lowest BCUT2D eigenvalue weighted by atomic mass is 9.78. The van der Waals surface area contributed by atoms with Crippen molar-refractivity contribution in [3.05, 3.63) is 192 Å². The summed E-state index contributed by atoms with van der Waals surface area (Å²) in [5.41, 5.74) is 17.0. The fraction of sp³-hybridized carbons (Fsp3) is 0.111. The van der Waals surface area contributed by atoms with Gasteiger partial charge in [-0.3, -0.25) is 9.13 Å². The molecule has 0 radical (unpaired) electrons. The van der Waals surface area contributed by atoms with E-state index in [-0.39, 0.29) is 5.41 Å². The van der Waals surface area contributed by atoms with Crippen LogP contribution in [0.1, 0.15) is 41.7 Å². The lowest BCUT2D eigenvalue weighted by molar-refractivity contribution is 0.642. The molecule has 11 rings (SSSR count). The van der Waals surface area contributed by atoms with Gasteiger partial charge < -0.3 is 4.98 Å². The van der Waals surface area contributed by atoms with Crippen LogP contribution in [0.15, 0.2) is 164 Å². The molecule has 0 aliphatic carbocycles. The first-order valence-electron chi connectivity index (χ1n) is 20.4. The van der Waals surface area contributed by atoms with Gasteiger partial charge in [0.05, 0.1) is 27.6 Å². The summed E-state index contributed by atoms with van der Waals surface area (Å²) in [6, 6.07) is 57.1. The second kappa shape index (κ2) is 13.2. The van der Waals surface area contributed by atoms with Gasteiger partial charge in [-0.1, -0.05) is 111 Å². The van der Waals surface area contributed by atoms with Crippen LogP contribution in [0.2, 0.25) is 0 Å². The van der Waals surface area contributed by atoms with Crippen LogP contribution in [0.4, 0.5) is 0 Å². The Kier molecular flexibility index (Phi) is 7.79. The Morgan fingerprint density at radius 1 is 0.525 bits per heavy atom. The van der Waals surface area contributed by atoms with Crippen LogP contribution in [0, 0.1) is 20.8 Å². The summed E-state index contributed by atoms with van der Waals surface area (Å²) in [4.78, 5) is 14.3. The lowest BCUT2D eigenvalue weighted by Crippen LogP contribution is -2.18. The molecule has 0 saturated heterocycles. The molecule has 11 aromatic rings. The van der Waals surface area contributed by atoms with Crippen LogP contribution >= 0.6 is 0 Å². The molecule has 0 bridgehead atoms. The number of para-hydroxylation sites is 3. The van der Waals surface area contributed by atoms with E-state index in [2.05, 4.69) is 200 Å². The van der Waals surface area contributed by atoms with E-state index in [0.717, 1.165) is 67.1 Å². The maximum atomic E-state index is 5.63. The first kappa shape index (κ1) is 35.0. The summed E-state index contributed by atoms with van der Waals surface area (Å²) in [6.07, 6.45) is 1.88. The largest absolute Gasteiger partial charge is 0.354 e. The van der Waals surface area contributed by atoms with Gasteiger partial charge >= 0.3 is 0 Å². The molecular formula is C54H43N5. The molecule has 0 amide bonds. The second-order valence-corrected chi connectivity index (χ2v) is 16.5. The Labute approximate surface area is 343 Å². The van der Waals surface area contributed by atoms with Crippen molar-refractivity contribution in [1.82, 2.24) is 24.1 Å². The number of benzene rings is 7. The van der Waals surface area contributed by atoms with E-state index >= 15 is 0 Å². The summed E-state index contributed by atoms with van der Waals surface area (Å²) in [5.74, 6) is 1.80. The highest BCUT2D eigenvalue weighted by Crippen LogP contribution is 2.42. The third-order valence-corrected chi connectivity index (χ3v) is 12.8. The number of aryl methyl sites for hydroxylation is 2. The minimum absolute atomic E-state index is 0.174. The number of aromatic amines is 1. The first-order valence-corrected chi connectivity index (χ1v) is 20.4. The molecule has 5 heteroatoms. The van der Waals surface area contributed by atoms with Crippen molar-refractivity contribution >= 4 is 54.6 Å². The predicted octanol–water partition coefficient (Wildman–Crippen LogP) is 13.7. The Balaban J connectivity index is 1.17. The normalized spacial score (nSPS) is 12.2. The summed E-state index contributed by atoms with van der Waals surface area (Å²) in [6.45, 7) is 11.2. The number of fused-ring (bicyclic) bond motifs is 7. The number of hydrogen-bond acceptors (Lipinski definition) is 2. The number of pyridine rings is 1. The SMILES string of the molecule is Cc1cc(-n2c(-c3cccc4c3[nH]c3ccccc34)nc3c(-c4ccc5c6cc(C(C)(C)c7ccccc7)ccc6n(-c6ccccn6)c5c4)cccc32)cc(C)c1C. The van der Waals surface area contributed by atoms with Crippen LogP contribution in [0.25, 0.3) is 88.7 Å². The fourth-order valence-corrected chi connectivity index (χ4v) is 9.31. The number of hydrogen-bond donors (Lipinski definition) is 1. The van der Waals surface area contributed by atoms with Crippen molar-refractivity contribution in [1.29, 1.82) is 0 Å². The van der Waals surface area contributed by atoms with Gasteiger partial charge in [-0.05, 0) is 115 Å². The van der Waals surface area contributed by atoms with Crippen molar-refractivity contribution in [2.24, 2.45) is 0 Å². The molecule has 0 aliphatic heterocycles. The summed E-state index contributed by atoms with van der Waals surface area (Å²) in [7, 11) is 0. The van der Waals surface area contributed by atoms with E-state index in [4.69, 9.17) is 9.97 Å². The number of imidazole rings is 1. The van der Waals surface area contributed by atoms with Crippen LogP contribution < -0.4 is 0 Å². The van der Waals surface area contributed by atoms with Crippen LogP contribution in [-0.2, 0) is 5.41 Å². The molecule has 0 unspecified atom stereocenters. The zero-order chi connectivity index (χ0) is 40.0. The van der Waals surface area contributed by atoms with Gasteiger partial charge in [0.15, 0.2) is 0 Å². The van der Waals surface area contributed by atoms with E-state index in [1.165, 1.54) is 49.4 Å². The topological polar surface area (TPSA) is 51.4 Å². The second-order valence-electron chi connectivity index (χ2n) is 16.5. The molecule has 4 heterocycles. The zero-order valence-electron chi connectivity index (χ0n) is 33.9. The number of nitrogens with zero attached hydrogens (tertiary/aromatic N) is 4. The third kappa shape index (κ3) is 5.38. The highest BCUT2D eigenvalue weighted by molar-refractivity contribution is 6.13. The quantitative estimate of drug-likeness (QED) is 0.183. The van der Waals surface area contributed by atoms with Crippen molar-refractivity contribution in [2.45, 2.75) is 40.0 Å². The third-order valence-electron chi connectivity index (χ3n) is 12.8. The molecule has 0 fully saturated rings. The summed E-state index contributed by atoms with van der Waals surface area (Å²) < 4.78 is 4.67. The van der Waals surface area contributed by atoms with E-state index in [1.807, 2.05) is 12.3 Å². The molecule has 4 aromatic heterocycles. The Hall–Kier alpha value is -7.24. The average Bonchev–Trinajstić information content (AvgIpc) is 3.95. The minimum Gasteiger partial charge on any atom is -0.354 e. The van der Waals surface area contributed by atoms with Crippen LogP contribution in [-0.4, -0.2) is 24.1 Å².